The summed E-state index contributed by atoms with van der Waals surface area (Å²) in [7, 11) is 0. The third-order valence-electron chi connectivity index (χ3n) is 4.35. The van der Waals surface area contributed by atoms with Gasteiger partial charge < -0.3 is 4.74 Å². The molecule has 4 aromatic rings. The number of rotatable bonds is 4. The molecule has 0 aliphatic rings. The van der Waals surface area contributed by atoms with Gasteiger partial charge in [0.2, 0.25) is 0 Å². The Hall–Kier alpha value is -3.88. The van der Waals surface area contributed by atoms with Crippen molar-refractivity contribution in [3.63, 3.8) is 0 Å². The minimum absolute atomic E-state index is 0.183. The molecule has 4 nitrogen and oxygen atoms in total. The molecule has 0 saturated heterocycles. The molecular formula is C22H12F5N3O. The van der Waals surface area contributed by atoms with Crippen LogP contribution >= 0.6 is 0 Å². The zero-order valence-corrected chi connectivity index (χ0v) is 15.6. The standard InChI is InChI=1S/C22H12F5N3O/c23-17-2-1-3-18(24)20(17)21-29-19(12-28-30-21)15-6-4-13(5-7-15)14-8-10-16(11-9-14)31-22(25,26)27/h1-12H. The SMILES string of the molecule is Fc1cccc(F)c1-c1nncc(-c2ccc(-c3ccc(OC(F)(F)F)cc3)cc2)n1. The number of ether oxygens (including phenoxy) is 1. The molecule has 0 N–H and O–H groups in total. The number of halogens is 5. The number of nitrogens with zero attached hydrogens (tertiary/aromatic N) is 3. The van der Waals surface area contributed by atoms with Gasteiger partial charge in [0, 0.05) is 5.56 Å². The monoisotopic (exact) mass is 429 g/mol. The van der Waals surface area contributed by atoms with E-state index in [0.29, 0.717) is 16.8 Å². The lowest BCUT2D eigenvalue weighted by Gasteiger charge is -2.10. The topological polar surface area (TPSA) is 47.9 Å². The summed E-state index contributed by atoms with van der Waals surface area (Å²) in [6.45, 7) is 0. The Labute approximate surface area is 173 Å². The summed E-state index contributed by atoms with van der Waals surface area (Å²) >= 11 is 0. The van der Waals surface area contributed by atoms with E-state index in [0.717, 1.165) is 17.7 Å². The second kappa shape index (κ2) is 8.10. The van der Waals surface area contributed by atoms with Crippen LogP contribution < -0.4 is 4.74 Å². The predicted octanol–water partition coefficient (Wildman–Crippen LogP) is 6.05. The highest BCUT2D eigenvalue weighted by Crippen LogP contribution is 2.29. The normalized spacial score (nSPS) is 11.4. The highest BCUT2D eigenvalue weighted by atomic mass is 19.4. The van der Waals surface area contributed by atoms with Gasteiger partial charge in [0.05, 0.1) is 17.5 Å². The molecule has 0 bridgehead atoms. The van der Waals surface area contributed by atoms with Crippen LogP contribution in [0.1, 0.15) is 0 Å². The van der Waals surface area contributed by atoms with Gasteiger partial charge in [-0.25, -0.2) is 13.8 Å². The van der Waals surface area contributed by atoms with Crippen molar-refractivity contribution < 1.29 is 26.7 Å². The zero-order chi connectivity index (χ0) is 22.0. The molecule has 0 unspecified atom stereocenters. The maximum absolute atomic E-state index is 14.0. The van der Waals surface area contributed by atoms with Crippen molar-refractivity contribution >= 4 is 0 Å². The summed E-state index contributed by atoms with van der Waals surface area (Å²) in [5, 5.41) is 7.51. The van der Waals surface area contributed by atoms with Gasteiger partial charge in [-0.05, 0) is 35.4 Å². The van der Waals surface area contributed by atoms with Crippen LogP contribution in [0.25, 0.3) is 33.8 Å². The molecule has 0 atom stereocenters. The Bertz CT molecular complexity index is 1190. The van der Waals surface area contributed by atoms with E-state index in [4.69, 9.17) is 0 Å². The number of alkyl halides is 3. The summed E-state index contributed by atoms with van der Waals surface area (Å²) in [4.78, 5) is 4.21. The van der Waals surface area contributed by atoms with Crippen molar-refractivity contribution in [3.05, 3.63) is 84.6 Å². The molecule has 0 spiro atoms. The first-order chi connectivity index (χ1) is 14.8. The van der Waals surface area contributed by atoms with Crippen LogP contribution in [0.2, 0.25) is 0 Å². The lowest BCUT2D eigenvalue weighted by molar-refractivity contribution is -0.274. The van der Waals surface area contributed by atoms with Crippen LogP contribution in [0.3, 0.4) is 0 Å². The molecule has 4 rings (SSSR count). The predicted molar refractivity (Wildman–Crippen MR) is 103 cm³/mol. The molecular weight excluding hydrogens is 417 g/mol. The number of hydrogen-bond donors (Lipinski definition) is 0. The van der Waals surface area contributed by atoms with Crippen LogP contribution in [0, 0.1) is 11.6 Å². The second-order valence-corrected chi connectivity index (χ2v) is 6.41. The molecule has 0 fully saturated rings. The number of benzene rings is 3. The fourth-order valence-corrected chi connectivity index (χ4v) is 2.94. The van der Waals surface area contributed by atoms with E-state index in [1.165, 1.54) is 36.5 Å². The Morgan fingerprint density at radius 3 is 1.84 bits per heavy atom. The summed E-state index contributed by atoms with van der Waals surface area (Å²) in [5.41, 5.74) is 2.03. The van der Waals surface area contributed by atoms with E-state index in [-0.39, 0.29) is 17.1 Å². The molecule has 1 aromatic heterocycles. The molecule has 0 saturated carbocycles. The third kappa shape index (κ3) is 4.66. The van der Waals surface area contributed by atoms with Crippen molar-refractivity contribution in [2.24, 2.45) is 0 Å². The van der Waals surface area contributed by atoms with Crippen LogP contribution in [-0.2, 0) is 0 Å². The highest BCUT2D eigenvalue weighted by Gasteiger charge is 2.30. The molecule has 0 aliphatic carbocycles. The van der Waals surface area contributed by atoms with E-state index in [9.17, 15) is 22.0 Å². The van der Waals surface area contributed by atoms with E-state index < -0.39 is 18.0 Å². The Balaban J connectivity index is 1.59. The minimum atomic E-state index is -4.75. The molecule has 0 aliphatic heterocycles. The van der Waals surface area contributed by atoms with Crippen molar-refractivity contribution in [3.8, 4) is 39.5 Å². The lowest BCUT2D eigenvalue weighted by Crippen LogP contribution is -2.16. The first kappa shape index (κ1) is 20.4. The van der Waals surface area contributed by atoms with Gasteiger partial charge >= 0.3 is 6.36 Å². The lowest BCUT2D eigenvalue weighted by atomic mass is 10.0. The fraction of sp³-hybridized carbons (Fsp3) is 0.0455. The quantitative estimate of drug-likeness (QED) is 0.371. The van der Waals surface area contributed by atoms with Gasteiger partial charge in [-0.15, -0.1) is 18.3 Å². The maximum Gasteiger partial charge on any atom is 0.573 e. The summed E-state index contributed by atoms with van der Waals surface area (Å²) in [5.74, 6) is -2.09. The van der Waals surface area contributed by atoms with Crippen LogP contribution in [-0.4, -0.2) is 21.5 Å². The zero-order valence-electron chi connectivity index (χ0n) is 15.6. The Morgan fingerprint density at radius 1 is 0.710 bits per heavy atom. The van der Waals surface area contributed by atoms with Gasteiger partial charge in [0.1, 0.15) is 17.4 Å². The number of aromatic nitrogens is 3. The van der Waals surface area contributed by atoms with Gasteiger partial charge in [0.25, 0.3) is 0 Å². The third-order valence-corrected chi connectivity index (χ3v) is 4.35. The van der Waals surface area contributed by atoms with Gasteiger partial charge in [0.15, 0.2) is 5.82 Å². The Morgan fingerprint density at radius 2 is 1.26 bits per heavy atom. The van der Waals surface area contributed by atoms with Crippen molar-refractivity contribution in [1.29, 1.82) is 0 Å². The fourth-order valence-electron chi connectivity index (χ4n) is 2.94. The summed E-state index contributed by atoms with van der Waals surface area (Å²) in [6.07, 6.45) is -3.39. The molecule has 1 heterocycles. The molecule has 3 aromatic carbocycles. The largest absolute Gasteiger partial charge is 0.573 e. The first-order valence-corrected chi connectivity index (χ1v) is 8.91. The van der Waals surface area contributed by atoms with Gasteiger partial charge in [-0.1, -0.05) is 42.5 Å². The molecule has 156 valence electrons. The highest BCUT2D eigenvalue weighted by molar-refractivity contribution is 5.70. The molecule has 0 amide bonds. The van der Waals surface area contributed by atoms with Crippen molar-refractivity contribution in [2.45, 2.75) is 6.36 Å². The van der Waals surface area contributed by atoms with Crippen molar-refractivity contribution in [1.82, 2.24) is 15.2 Å². The van der Waals surface area contributed by atoms with Gasteiger partial charge in [-0.3, -0.25) is 0 Å². The van der Waals surface area contributed by atoms with E-state index >= 15 is 0 Å². The smallest absolute Gasteiger partial charge is 0.406 e. The molecule has 9 heteroatoms. The molecule has 0 radical (unpaired) electrons. The average molecular weight is 429 g/mol. The van der Waals surface area contributed by atoms with E-state index in [1.54, 1.807) is 24.3 Å². The van der Waals surface area contributed by atoms with Crippen LogP contribution in [0.5, 0.6) is 5.75 Å². The number of hydrogen-bond acceptors (Lipinski definition) is 4. The summed E-state index contributed by atoms with van der Waals surface area (Å²) in [6, 6.07) is 15.8. The maximum atomic E-state index is 14.0. The average Bonchev–Trinajstić information content (AvgIpc) is 2.73. The molecule has 31 heavy (non-hydrogen) atoms. The van der Waals surface area contributed by atoms with E-state index in [2.05, 4.69) is 19.9 Å². The van der Waals surface area contributed by atoms with Crippen LogP contribution in [0.15, 0.2) is 72.9 Å². The minimum Gasteiger partial charge on any atom is -0.406 e. The summed E-state index contributed by atoms with van der Waals surface area (Å²) < 4.78 is 68.7. The Kier molecular flexibility index (Phi) is 5.33. The van der Waals surface area contributed by atoms with Crippen LogP contribution in [0.4, 0.5) is 22.0 Å². The van der Waals surface area contributed by atoms with Gasteiger partial charge in [-0.2, -0.15) is 5.10 Å². The first-order valence-electron chi connectivity index (χ1n) is 8.91. The second-order valence-electron chi connectivity index (χ2n) is 6.41. The van der Waals surface area contributed by atoms with Crippen molar-refractivity contribution in [2.75, 3.05) is 0 Å². The van der Waals surface area contributed by atoms with E-state index in [1.807, 2.05) is 0 Å².